The maximum absolute atomic E-state index is 13.3. The zero-order valence-corrected chi connectivity index (χ0v) is 17.2. The fourth-order valence-corrected chi connectivity index (χ4v) is 3.79. The topological polar surface area (TPSA) is 41.9 Å². The van der Waals surface area contributed by atoms with Gasteiger partial charge in [0.2, 0.25) is 0 Å². The molecule has 3 aromatic rings. The summed E-state index contributed by atoms with van der Waals surface area (Å²) in [7, 11) is 1.62. The molecule has 29 heavy (non-hydrogen) atoms. The average Bonchev–Trinajstić information content (AvgIpc) is 3.19. The van der Waals surface area contributed by atoms with Gasteiger partial charge in [-0.2, -0.15) is 5.10 Å². The Kier molecular flexibility index (Phi) is 5.56. The highest BCUT2D eigenvalue weighted by Crippen LogP contribution is 2.36. The molecule has 0 saturated carbocycles. The van der Waals surface area contributed by atoms with Crippen LogP contribution in [0.1, 0.15) is 33.9 Å². The third-order valence-electron chi connectivity index (χ3n) is 4.90. The molecular formula is C23H18Cl2N2O2. The van der Waals surface area contributed by atoms with Crippen molar-refractivity contribution in [3.05, 3.63) is 99.5 Å². The Morgan fingerprint density at radius 2 is 1.69 bits per heavy atom. The van der Waals surface area contributed by atoms with Crippen molar-refractivity contribution in [2.24, 2.45) is 5.10 Å². The van der Waals surface area contributed by atoms with E-state index < -0.39 is 0 Å². The smallest absolute Gasteiger partial charge is 0.276 e. The lowest BCUT2D eigenvalue weighted by atomic mass is 9.97. The van der Waals surface area contributed by atoms with Crippen LogP contribution in [0.4, 0.5) is 0 Å². The van der Waals surface area contributed by atoms with E-state index in [4.69, 9.17) is 33.0 Å². The van der Waals surface area contributed by atoms with Crippen molar-refractivity contribution in [1.29, 1.82) is 0 Å². The quantitative estimate of drug-likeness (QED) is 0.515. The Morgan fingerprint density at radius 1 is 1.00 bits per heavy atom. The van der Waals surface area contributed by atoms with Crippen molar-refractivity contribution in [3.63, 3.8) is 0 Å². The maximum Gasteiger partial charge on any atom is 0.276 e. The Bertz CT molecular complexity index is 1080. The van der Waals surface area contributed by atoms with Crippen LogP contribution in [0.3, 0.4) is 0 Å². The van der Waals surface area contributed by atoms with Crippen molar-refractivity contribution in [3.8, 4) is 5.75 Å². The number of carbonyl (C=O) groups excluding carboxylic acids is 1. The lowest BCUT2D eigenvalue weighted by Crippen LogP contribution is -2.27. The van der Waals surface area contributed by atoms with Gasteiger partial charge in [-0.05, 0) is 42.0 Å². The summed E-state index contributed by atoms with van der Waals surface area (Å²) in [5, 5.41) is 7.24. The van der Waals surface area contributed by atoms with Gasteiger partial charge in [-0.25, -0.2) is 5.01 Å². The molecule has 1 atom stereocenters. The van der Waals surface area contributed by atoms with Crippen molar-refractivity contribution >= 4 is 34.8 Å². The predicted octanol–water partition coefficient (Wildman–Crippen LogP) is 5.99. The van der Waals surface area contributed by atoms with Crippen molar-refractivity contribution < 1.29 is 9.53 Å². The maximum atomic E-state index is 13.3. The molecule has 0 saturated heterocycles. The fraction of sp³-hybridized carbons (Fsp3) is 0.130. The summed E-state index contributed by atoms with van der Waals surface area (Å²) >= 11 is 12.3. The zero-order chi connectivity index (χ0) is 20.4. The van der Waals surface area contributed by atoms with E-state index in [-0.39, 0.29) is 11.9 Å². The molecule has 146 valence electrons. The number of hydrazone groups is 1. The second kappa shape index (κ2) is 8.27. The van der Waals surface area contributed by atoms with Crippen molar-refractivity contribution in [1.82, 2.24) is 5.01 Å². The van der Waals surface area contributed by atoms with E-state index in [0.717, 1.165) is 16.8 Å². The number of hydrogen-bond donors (Lipinski definition) is 0. The Morgan fingerprint density at radius 3 is 2.41 bits per heavy atom. The Balaban J connectivity index is 1.78. The predicted molar refractivity (Wildman–Crippen MR) is 116 cm³/mol. The van der Waals surface area contributed by atoms with Gasteiger partial charge >= 0.3 is 0 Å². The minimum atomic E-state index is -0.268. The largest absolute Gasteiger partial charge is 0.496 e. The summed E-state index contributed by atoms with van der Waals surface area (Å²) in [5.74, 6) is 0.466. The van der Waals surface area contributed by atoms with Crippen LogP contribution in [0.15, 0.2) is 77.9 Å². The minimum Gasteiger partial charge on any atom is -0.496 e. The van der Waals surface area contributed by atoms with Crippen LogP contribution in [0, 0.1) is 0 Å². The monoisotopic (exact) mass is 424 g/mol. The summed E-state index contributed by atoms with van der Waals surface area (Å²) in [5.41, 5.74) is 3.01. The van der Waals surface area contributed by atoms with E-state index in [1.54, 1.807) is 31.4 Å². The molecule has 6 heteroatoms. The summed E-state index contributed by atoms with van der Waals surface area (Å²) in [6, 6.07) is 21.8. The lowest BCUT2D eigenvalue weighted by Gasteiger charge is -2.22. The van der Waals surface area contributed by atoms with Crippen LogP contribution >= 0.6 is 23.2 Å². The molecule has 0 aliphatic carbocycles. The van der Waals surface area contributed by atoms with Gasteiger partial charge in [-0.1, -0.05) is 59.6 Å². The van der Waals surface area contributed by atoms with E-state index in [1.165, 1.54) is 5.01 Å². The SMILES string of the molecule is COc1ccccc1C1=NN(C(=O)c2ccccc2Cl)[C@H](c2ccc(Cl)cc2)C1. The van der Waals surface area contributed by atoms with Gasteiger partial charge < -0.3 is 4.74 Å². The van der Waals surface area contributed by atoms with E-state index in [0.29, 0.717) is 27.8 Å². The lowest BCUT2D eigenvalue weighted by molar-refractivity contribution is 0.0711. The number of methoxy groups -OCH3 is 1. The minimum absolute atomic E-state index is 0.250. The molecule has 1 aliphatic rings. The van der Waals surface area contributed by atoms with Crippen LogP contribution in [-0.4, -0.2) is 23.7 Å². The van der Waals surface area contributed by atoms with Gasteiger partial charge in [0.15, 0.2) is 0 Å². The number of ether oxygens (including phenoxy) is 1. The highest BCUT2D eigenvalue weighted by atomic mass is 35.5. The number of amides is 1. The molecule has 0 N–H and O–H groups in total. The Labute approximate surface area is 179 Å². The molecule has 3 aromatic carbocycles. The number of para-hydroxylation sites is 1. The molecule has 0 unspecified atom stereocenters. The standard InChI is InChI=1S/C23H18Cl2N2O2/c1-29-22-9-5-3-7-18(22)20-14-21(15-10-12-16(24)13-11-15)27(26-20)23(28)17-6-2-4-8-19(17)25/h2-13,21H,14H2,1H3/t21-/m0/s1. The first kappa shape index (κ1) is 19.5. The van der Waals surface area contributed by atoms with Gasteiger partial charge in [-0.15, -0.1) is 0 Å². The molecule has 1 amide bonds. The van der Waals surface area contributed by atoms with Gasteiger partial charge in [0.25, 0.3) is 5.91 Å². The van der Waals surface area contributed by atoms with Gasteiger partial charge in [0, 0.05) is 17.0 Å². The van der Waals surface area contributed by atoms with E-state index in [2.05, 4.69) is 0 Å². The number of halogens is 2. The molecule has 0 fully saturated rings. The summed E-state index contributed by atoms with van der Waals surface area (Å²) in [6.07, 6.45) is 0.554. The summed E-state index contributed by atoms with van der Waals surface area (Å²) in [4.78, 5) is 13.3. The molecular weight excluding hydrogens is 407 g/mol. The number of hydrogen-bond acceptors (Lipinski definition) is 3. The molecule has 1 aliphatic heterocycles. The van der Waals surface area contributed by atoms with Gasteiger partial charge in [-0.3, -0.25) is 4.79 Å². The van der Waals surface area contributed by atoms with Crippen LogP contribution in [0.5, 0.6) is 5.75 Å². The molecule has 4 nitrogen and oxygen atoms in total. The first-order valence-electron chi connectivity index (χ1n) is 9.13. The Hall–Kier alpha value is -2.82. The third-order valence-corrected chi connectivity index (χ3v) is 5.48. The van der Waals surface area contributed by atoms with Gasteiger partial charge in [0.05, 0.1) is 29.4 Å². The fourth-order valence-electron chi connectivity index (χ4n) is 3.45. The molecule has 0 radical (unpaired) electrons. The summed E-state index contributed by atoms with van der Waals surface area (Å²) < 4.78 is 5.49. The molecule has 0 spiro atoms. The summed E-state index contributed by atoms with van der Waals surface area (Å²) in [6.45, 7) is 0. The molecule has 4 rings (SSSR count). The first-order chi connectivity index (χ1) is 14.1. The molecule has 1 heterocycles. The zero-order valence-electron chi connectivity index (χ0n) is 15.7. The van der Waals surface area contributed by atoms with Crippen molar-refractivity contribution in [2.45, 2.75) is 12.5 Å². The molecule has 0 bridgehead atoms. The highest BCUT2D eigenvalue weighted by Gasteiger charge is 2.35. The molecule has 0 aromatic heterocycles. The second-order valence-electron chi connectivity index (χ2n) is 6.65. The average molecular weight is 425 g/mol. The van der Waals surface area contributed by atoms with Crippen LogP contribution in [0.25, 0.3) is 0 Å². The number of carbonyl (C=O) groups is 1. The van der Waals surface area contributed by atoms with Crippen molar-refractivity contribution in [2.75, 3.05) is 7.11 Å². The number of benzene rings is 3. The van der Waals surface area contributed by atoms with Gasteiger partial charge in [0.1, 0.15) is 5.75 Å². The van der Waals surface area contributed by atoms with E-state index in [1.807, 2.05) is 48.5 Å². The van der Waals surface area contributed by atoms with E-state index >= 15 is 0 Å². The second-order valence-corrected chi connectivity index (χ2v) is 7.49. The highest BCUT2D eigenvalue weighted by molar-refractivity contribution is 6.33. The van der Waals surface area contributed by atoms with E-state index in [9.17, 15) is 4.79 Å². The van der Waals surface area contributed by atoms with Crippen LogP contribution in [0.2, 0.25) is 10.0 Å². The van der Waals surface area contributed by atoms with Crippen LogP contribution < -0.4 is 4.74 Å². The number of nitrogens with zero attached hydrogens (tertiary/aromatic N) is 2. The number of rotatable bonds is 4. The first-order valence-corrected chi connectivity index (χ1v) is 9.88. The third kappa shape index (κ3) is 3.86. The van der Waals surface area contributed by atoms with Crippen LogP contribution in [-0.2, 0) is 0 Å². The normalized spacial score (nSPS) is 15.9.